The van der Waals surface area contributed by atoms with Crippen molar-refractivity contribution in [2.75, 3.05) is 13.2 Å². The fourth-order valence-electron chi connectivity index (χ4n) is 1.96. The Bertz CT molecular complexity index is 128. The molecule has 0 bridgehead atoms. The molecule has 0 radical (unpaired) electrons. The van der Waals surface area contributed by atoms with E-state index < -0.39 is 0 Å². The summed E-state index contributed by atoms with van der Waals surface area (Å²) in [6.45, 7) is 8.48. The Morgan fingerprint density at radius 2 is 2.25 bits per heavy atom. The average molecular weight is 171 g/mol. The minimum atomic E-state index is 0.270. The van der Waals surface area contributed by atoms with Gasteiger partial charge in [-0.1, -0.05) is 20.8 Å². The Kier molecular flexibility index (Phi) is 3.53. The lowest BCUT2D eigenvalue weighted by molar-refractivity contribution is 0.0145. The van der Waals surface area contributed by atoms with Gasteiger partial charge in [-0.05, 0) is 19.3 Å². The van der Waals surface area contributed by atoms with Crippen LogP contribution in [-0.2, 0) is 4.74 Å². The van der Waals surface area contributed by atoms with Gasteiger partial charge in [0.2, 0.25) is 0 Å². The van der Waals surface area contributed by atoms with Crippen molar-refractivity contribution >= 4 is 0 Å². The van der Waals surface area contributed by atoms with Crippen LogP contribution in [0.3, 0.4) is 0 Å². The summed E-state index contributed by atoms with van der Waals surface area (Å²) in [6, 6.07) is 0.562. The molecule has 0 spiro atoms. The standard InChI is InChI=1S/C10H21NO/c1-4-10(11-9(2)3)6-5-7-12-8-10/h9,11H,4-8H2,1-3H3. The third-order valence-corrected chi connectivity index (χ3v) is 2.59. The quantitative estimate of drug-likeness (QED) is 0.700. The SMILES string of the molecule is CCC1(NC(C)C)CCCOC1. The van der Waals surface area contributed by atoms with Gasteiger partial charge in [-0.2, -0.15) is 0 Å². The zero-order valence-corrected chi connectivity index (χ0v) is 8.52. The van der Waals surface area contributed by atoms with Crippen LogP contribution in [0, 0.1) is 0 Å². The second-order valence-corrected chi connectivity index (χ2v) is 4.09. The summed E-state index contributed by atoms with van der Waals surface area (Å²) in [5, 5.41) is 3.62. The highest BCUT2D eigenvalue weighted by molar-refractivity contribution is 4.89. The molecule has 72 valence electrons. The maximum absolute atomic E-state index is 5.51. The minimum Gasteiger partial charge on any atom is -0.380 e. The molecule has 2 nitrogen and oxygen atoms in total. The summed E-state index contributed by atoms with van der Waals surface area (Å²) in [7, 11) is 0. The molecule has 0 saturated carbocycles. The third kappa shape index (κ3) is 2.46. The lowest BCUT2D eigenvalue weighted by atomic mass is 9.89. The number of nitrogens with one attached hydrogen (secondary N) is 1. The molecular weight excluding hydrogens is 150 g/mol. The summed E-state index contributed by atoms with van der Waals surface area (Å²) in [5.74, 6) is 0. The molecule has 1 aliphatic rings. The summed E-state index contributed by atoms with van der Waals surface area (Å²) < 4.78 is 5.51. The highest BCUT2D eigenvalue weighted by atomic mass is 16.5. The van der Waals surface area contributed by atoms with Crippen LogP contribution in [-0.4, -0.2) is 24.8 Å². The van der Waals surface area contributed by atoms with E-state index in [0.717, 1.165) is 13.2 Å². The Morgan fingerprint density at radius 1 is 1.50 bits per heavy atom. The second-order valence-electron chi connectivity index (χ2n) is 4.09. The molecule has 1 atom stereocenters. The van der Waals surface area contributed by atoms with E-state index in [1.54, 1.807) is 0 Å². The van der Waals surface area contributed by atoms with Gasteiger partial charge in [0.25, 0.3) is 0 Å². The monoisotopic (exact) mass is 171 g/mol. The fraction of sp³-hybridized carbons (Fsp3) is 1.00. The second kappa shape index (κ2) is 4.24. The molecule has 0 aliphatic carbocycles. The molecule has 1 fully saturated rings. The Hall–Kier alpha value is -0.0800. The molecule has 0 aromatic carbocycles. The maximum Gasteiger partial charge on any atom is 0.0648 e. The van der Waals surface area contributed by atoms with Crippen molar-refractivity contribution in [1.29, 1.82) is 0 Å². The molecule has 2 heteroatoms. The zero-order chi connectivity index (χ0) is 9.03. The highest BCUT2D eigenvalue weighted by Crippen LogP contribution is 2.22. The first kappa shape index (κ1) is 10.0. The van der Waals surface area contributed by atoms with Gasteiger partial charge in [0.05, 0.1) is 6.61 Å². The van der Waals surface area contributed by atoms with Crippen LogP contribution in [0.25, 0.3) is 0 Å². The highest BCUT2D eigenvalue weighted by Gasteiger charge is 2.30. The van der Waals surface area contributed by atoms with Crippen molar-refractivity contribution in [1.82, 2.24) is 5.32 Å². The van der Waals surface area contributed by atoms with Gasteiger partial charge < -0.3 is 10.1 Å². The molecule has 0 amide bonds. The van der Waals surface area contributed by atoms with E-state index in [4.69, 9.17) is 4.74 Å². The first-order valence-electron chi connectivity index (χ1n) is 5.04. The van der Waals surface area contributed by atoms with Crippen LogP contribution in [0.2, 0.25) is 0 Å². The fourth-order valence-corrected chi connectivity index (χ4v) is 1.96. The summed E-state index contributed by atoms with van der Waals surface area (Å²) >= 11 is 0. The predicted molar refractivity (Wildman–Crippen MR) is 51.3 cm³/mol. The molecule has 1 aliphatic heterocycles. The number of hydrogen-bond donors (Lipinski definition) is 1. The van der Waals surface area contributed by atoms with E-state index in [2.05, 4.69) is 26.1 Å². The number of ether oxygens (including phenoxy) is 1. The van der Waals surface area contributed by atoms with Gasteiger partial charge >= 0.3 is 0 Å². The van der Waals surface area contributed by atoms with Crippen LogP contribution >= 0.6 is 0 Å². The Balaban J connectivity index is 2.48. The third-order valence-electron chi connectivity index (χ3n) is 2.59. The lowest BCUT2D eigenvalue weighted by Gasteiger charge is -2.38. The van der Waals surface area contributed by atoms with Crippen molar-refractivity contribution < 1.29 is 4.74 Å². The molecule has 1 rings (SSSR count). The Morgan fingerprint density at radius 3 is 2.67 bits per heavy atom. The van der Waals surface area contributed by atoms with Crippen LogP contribution in [0.1, 0.15) is 40.0 Å². The number of rotatable bonds is 3. The summed E-state index contributed by atoms with van der Waals surface area (Å²) in [6.07, 6.45) is 3.64. The summed E-state index contributed by atoms with van der Waals surface area (Å²) in [5.41, 5.74) is 0.270. The van der Waals surface area contributed by atoms with E-state index in [9.17, 15) is 0 Å². The molecule has 1 N–H and O–H groups in total. The van der Waals surface area contributed by atoms with Gasteiger partial charge in [0.1, 0.15) is 0 Å². The minimum absolute atomic E-state index is 0.270. The van der Waals surface area contributed by atoms with Crippen molar-refractivity contribution in [2.24, 2.45) is 0 Å². The summed E-state index contributed by atoms with van der Waals surface area (Å²) in [4.78, 5) is 0. The maximum atomic E-state index is 5.51. The molecular formula is C10H21NO. The average Bonchev–Trinajstić information content (AvgIpc) is 2.05. The molecule has 0 aromatic heterocycles. The topological polar surface area (TPSA) is 21.3 Å². The smallest absolute Gasteiger partial charge is 0.0648 e. The van der Waals surface area contributed by atoms with Gasteiger partial charge in [-0.3, -0.25) is 0 Å². The van der Waals surface area contributed by atoms with Crippen LogP contribution < -0.4 is 5.32 Å². The van der Waals surface area contributed by atoms with E-state index in [1.807, 2.05) is 0 Å². The van der Waals surface area contributed by atoms with Gasteiger partial charge in [-0.15, -0.1) is 0 Å². The normalized spacial score (nSPS) is 31.0. The van der Waals surface area contributed by atoms with E-state index >= 15 is 0 Å². The molecule has 12 heavy (non-hydrogen) atoms. The molecule has 1 heterocycles. The lowest BCUT2D eigenvalue weighted by Crippen LogP contribution is -2.53. The van der Waals surface area contributed by atoms with Crippen molar-refractivity contribution in [3.63, 3.8) is 0 Å². The van der Waals surface area contributed by atoms with Crippen molar-refractivity contribution in [2.45, 2.75) is 51.6 Å². The van der Waals surface area contributed by atoms with Gasteiger partial charge in [0.15, 0.2) is 0 Å². The Labute approximate surface area is 75.7 Å². The zero-order valence-electron chi connectivity index (χ0n) is 8.52. The molecule has 1 unspecified atom stereocenters. The first-order chi connectivity index (χ1) is 5.68. The largest absolute Gasteiger partial charge is 0.380 e. The number of hydrogen-bond acceptors (Lipinski definition) is 2. The van der Waals surface area contributed by atoms with Crippen LogP contribution in [0.5, 0.6) is 0 Å². The first-order valence-corrected chi connectivity index (χ1v) is 5.04. The van der Waals surface area contributed by atoms with E-state index in [0.29, 0.717) is 6.04 Å². The van der Waals surface area contributed by atoms with Crippen LogP contribution in [0.4, 0.5) is 0 Å². The van der Waals surface area contributed by atoms with Crippen molar-refractivity contribution in [3.05, 3.63) is 0 Å². The van der Waals surface area contributed by atoms with Crippen molar-refractivity contribution in [3.8, 4) is 0 Å². The van der Waals surface area contributed by atoms with Gasteiger partial charge in [0, 0.05) is 18.2 Å². The van der Waals surface area contributed by atoms with Gasteiger partial charge in [-0.25, -0.2) is 0 Å². The van der Waals surface area contributed by atoms with E-state index in [1.165, 1.54) is 19.3 Å². The van der Waals surface area contributed by atoms with E-state index in [-0.39, 0.29) is 5.54 Å². The van der Waals surface area contributed by atoms with Crippen LogP contribution in [0.15, 0.2) is 0 Å². The molecule has 1 saturated heterocycles. The predicted octanol–water partition coefficient (Wildman–Crippen LogP) is 1.94. The molecule has 0 aromatic rings.